The molecular weight excluding hydrogens is 512 g/mol. The van der Waals surface area contributed by atoms with Gasteiger partial charge in [0.15, 0.2) is 5.58 Å². The number of rotatable bonds is 6. The minimum atomic E-state index is -1.25. The zero-order valence-corrected chi connectivity index (χ0v) is 21.2. The summed E-state index contributed by atoms with van der Waals surface area (Å²) in [4.78, 5) is 65.1. The van der Waals surface area contributed by atoms with E-state index in [2.05, 4.69) is 10.6 Å². The molecule has 0 saturated carbocycles. The van der Waals surface area contributed by atoms with Crippen LogP contribution in [0.25, 0.3) is 11.0 Å². The maximum Gasteiger partial charge on any atom is 0.349 e. The second-order valence-electron chi connectivity index (χ2n) is 9.61. The average molecular weight is 537 g/mol. The maximum atomic E-state index is 13.4. The molecule has 5 N–H and O–H groups in total. The molecule has 0 spiro atoms. The van der Waals surface area contributed by atoms with Gasteiger partial charge in [-0.05, 0) is 31.5 Å². The third kappa shape index (κ3) is 4.16. The number of benzene rings is 2. The zero-order chi connectivity index (χ0) is 27.4. The Labute approximate surface area is 220 Å². The van der Waals surface area contributed by atoms with Gasteiger partial charge in [0.2, 0.25) is 11.8 Å². The van der Waals surface area contributed by atoms with Crippen LogP contribution in [0, 0.1) is 0 Å². The number of nitrogens with two attached hydrogens (primary N) is 1. The highest BCUT2D eigenvalue weighted by atomic mass is 32.2. The fourth-order valence-corrected chi connectivity index (χ4v) is 6.49. The summed E-state index contributed by atoms with van der Waals surface area (Å²) < 4.78 is 4.49. The minimum Gasteiger partial charge on any atom is -0.480 e. The lowest BCUT2D eigenvalue weighted by Crippen LogP contribution is -2.71. The molecule has 0 radical (unpaired) electrons. The minimum absolute atomic E-state index is 0.149. The average Bonchev–Trinajstić information content (AvgIpc) is 3.14. The molecule has 2 saturated heterocycles. The second kappa shape index (κ2) is 9.21. The Balaban J connectivity index is 1.40. The van der Waals surface area contributed by atoms with E-state index in [1.54, 1.807) is 62.4 Å². The predicted octanol–water partition coefficient (Wildman–Crippen LogP) is 1.48. The first-order valence-corrected chi connectivity index (χ1v) is 12.6. The molecule has 196 valence electrons. The van der Waals surface area contributed by atoms with Crippen molar-refractivity contribution in [3.63, 3.8) is 0 Å². The summed E-state index contributed by atoms with van der Waals surface area (Å²) in [7, 11) is 0. The van der Waals surface area contributed by atoms with Gasteiger partial charge >= 0.3 is 11.6 Å². The van der Waals surface area contributed by atoms with Gasteiger partial charge in [-0.25, -0.2) is 9.59 Å². The van der Waals surface area contributed by atoms with Crippen LogP contribution in [-0.4, -0.2) is 55.9 Å². The van der Waals surface area contributed by atoms with Crippen LogP contribution in [-0.2, 0) is 14.4 Å². The molecule has 2 aliphatic rings. The van der Waals surface area contributed by atoms with Crippen LogP contribution in [0.4, 0.5) is 5.69 Å². The Kier molecular flexibility index (Phi) is 6.14. The molecule has 11 nitrogen and oxygen atoms in total. The van der Waals surface area contributed by atoms with Crippen LogP contribution in [0.1, 0.15) is 35.8 Å². The van der Waals surface area contributed by atoms with E-state index >= 15 is 0 Å². The number of carbonyl (C=O) groups excluding carboxylic acids is 3. The molecule has 2 aromatic carbocycles. The fourth-order valence-electron chi connectivity index (χ4n) is 4.86. The van der Waals surface area contributed by atoms with Crippen molar-refractivity contribution in [1.82, 2.24) is 15.5 Å². The highest BCUT2D eigenvalue weighted by Gasteiger charge is 2.64. The first kappa shape index (κ1) is 25.3. The summed E-state index contributed by atoms with van der Waals surface area (Å²) >= 11 is 1.29. The molecule has 0 aliphatic carbocycles. The SMILES string of the molecule is CC1(C)S[C@@H]2[C@H](NC(=O)C(NC(=O)c3cc4cccc(N)c4oc3=O)c3ccccc3)C(=O)N2[C@H]1C(=O)O. The monoisotopic (exact) mass is 536 g/mol. The molecule has 12 heteroatoms. The van der Waals surface area contributed by atoms with Gasteiger partial charge in [-0.1, -0.05) is 42.5 Å². The topological polar surface area (TPSA) is 172 Å². The molecule has 38 heavy (non-hydrogen) atoms. The van der Waals surface area contributed by atoms with E-state index < -0.39 is 57.6 Å². The van der Waals surface area contributed by atoms with E-state index in [0.29, 0.717) is 10.9 Å². The number of carboxylic acid groups (broad SMARTS) is 1. The van der Waals surface area contributed by atoms with Gasteiger partial charge < -0.3 is 30.8 Å². The van der Waals surface area contributed by atoms with Crippen LogP contribution in [0.2, 0.25) is 0 Å². The van der Waals surface area contributed by atoms with Crippen molar-refractivity contribution in [2.45, 2.75) is 42.1 Å². The van der Waals surface area contributed by atoms with Crippen molar-refractivity contribution in [3.8, 4) is 0 Å². The number of nitrogen functional groups attached to an aromatic ring is 1. The number of amides is 3. The molecule has 3 amide bonds. The fraction of sp³-hybridized carbons (Fsp3) is 0.269. The summed E-state index contributed by atoms with van der Waals surface area (Å²) in [6, 6.07) is 11.3. The summed E-state index contributed by atoms with van der Waals surface area (Å²) in [6.45, 7) is 3.47. The van der Waals surface area contributed by atoms with Crippen LogP contribution in [0.15, 0.2) is 63.8 Å². The van der Waals surface area contributed by atoms with Crippen LogP contribution < -0.4 is 22.0 Å². The van der Waals surface area contributed by atoms with Gasteiger partial charge in [0, 0.05) is 10.1 Å². The van der Waals surface area contributed by atoms with Crippen molar-refractivity contribution in [2.24, 2.45) is 0 Å². The van der Waals surface area contributed by atoms with Gasteiger partial charge in [-0.15, -0.1) is 11.8 Å². The molecule has 4 atom stereocenters. The smallest absolute Gasteiger partial charge is 0.349 e. The third-order valence-electron chi connectivity index (χ3n) is 6.68. The van der Waals surface area contributed by atoms with Gasteiger partial charge in [0.05, 0.1) is 5.69 Å². The van der Waals surface area contributed by atoms with Gasteiger partial charge in [0.1, 0.15) is 29.1 Å². The van der Waals surface area contributed by atoms with E-state index in [4.69, 9.17) is 10.2 Å². The first-order valence-electron chi connectivity index (χ1n) is 11.7. The molecule has 1 aromatic heterocycles. The summed E-state index contributed by atoms with van der Waals surface area (Å²) in [6.07, 6.45) is 0. The van der Waals surface area contributed by atoms with E-state index in [-0.39, 0.29) is 16.8 Å². The number of aliphatic carboxylic acids is 1. The number of β-lactam (4-membered cyclic amide) rings is 1. The van der Waals surface area contributed by atoms with Crippen molar-refractivity contribution < 1.29 is 28.7 Å². The lowest BCUT2D eigenvalue weighted by atomic mass is 9.95. The van der Waals surface area contributed by atoms with E-state index in [1.807, 2.05) is 0 Å². The number of para-hydroxylation sites is 1. The summed E-state index contributed by atoms with van der Waals surface area (Å²) in [5.74, 6) is -3.17. The third-order valence-corrected chi connectivity index (χ3v) is 8.25. The number of carboxylic acids is 1. The number of thioether (sulfide) groups is 1. The number of nitrogens with zero attached hydrogens (tertiary/aromatic N) is 1. The maximum absolute atomic E-state index is 13.4. The van der Waals surface area contributed by atoms with Crippen LogP contribution in [0.5, 0.6) is 0 Å². The Hall–Kier alpha value is -4.32. The molecule has 5 rings (SSSR count). The first-order chi connectivity index (χ1) is 18.0. The highest BCUT2D eigenvalue weighted by Crippen LogP contribution is 2.50. The van der Waals surface area contributed by atoms with Crippen LogP contribution in [0.3, 0.4) is 0 Å². The lowest BCUT2D eigenvalue weighted by Gasteiger charge is -2.44. The molecule has 1 unspecified atom stereocenters. The molecule has 3 heterocycles. The van der Waals surface area contributed by atoms with E-state index in [0.717, 1.165) is 0 Å². The second-order valence-corrected chi connectivity index (χ2v) is 11.4. The van der Waals surface area contributed by atoms with Crippen molar-refractivity contribution >= 4 is 52.1 Å². The number of nitrogens with one attached hydrogen (secondary N) is 2. The van der Waals surface area contributed by atoms with E-state index in [9.17, 15) is 29.1 Å². The Morgan fingerprint density at radius 3 is 2.50 bits per heavy atom. The Morgan fingerprint density at radius 1 is 1.11 bits per heavy atom. The van der Waals surface area contributed by atoms with Gasteiger partial charge in [-0.2, -0.15) is 0 Å². The lowest BCUT2D eigenvalue weighted by molar-refractivity contribution is -0.161. The number of hydrogen-bond donors (Lipinski definition) is 4. The number of fused-ring (bicyclic) bond motifs is 2. The largest absolute Gasteiger partial charge is 0.480 e. The zero-order valence-electron chi connectivity index (χ0n) is 20.3. The van der Waals surface area contributed by atoms with Gasteiger partial charge in [0.25, 0.3) is 5.91 Å². The quantitative estimate of drug-likeness (QED) is 0.207. The summed E-state index contributed by atoms with van der Waals surface area (Å²) in [5, 5.41) is 14.7. The molecule has 0 bridgehead atoms. The standard InChI is InChI=1S/C26H24N4O7S/c1-26(2)19(24(34)35)30-22(33)17(23(30)38-26)29-21(32)16(12-7-4-3-5-8-12)28-20(31)14-11-13-9-6-10-15(27)18(13)37-25(14)36/h3-11,16-17,19,23H,27H2,1-2H3,(H,28,31)(H,29,32)(H,34,35)/t16?,17-,19+,23-/m1/s1. The Bertz CT molecular complexity index is 1540. The Morgan fingerprint density at radius 2 is 1.82 bits per heavy atom. The van der Waals surface area contributed by atoms with E-state index in [1.165, 1.54) is 22.7 Å². The van der Waals surface area contributed by atoms with Crippen molar-refractivity contribution in [3.05, 3.63) is 76.1 Å². The normalized spacial score (nSPS) is 22.3. The predicted molar refractivity (Wildman–Crippen MR) is 139 cm³/mol. The number of carbonyl (C=O) groups is 4. The molecular formula is C26H24N4O7S. The molecule has 2 aliphatic heterocycles. The number of hydrogen-bond acceptors (Lipinski definition) is 8. The van der Waals surface area contributed by atoms with Crippen LogP contribution >= 0.6 is 11.8 Å². The number of anilines is 1. The van der Waals surface area contributed by atoms with Crippen molar-refractivity contribution in [1.29, 1.82) is 0 Å². The molecule has 2 fully saturated rings. The highest BCUT2D eigenvalue weighted by molar-refractivity contribution is 8.01. The van der Waals surface area contributed by atoms with Crippen molar-refractivity contribution in [2.75, 3.05) is 5.73 Å². The molecule has 3 aromatic rings. The van der Waals surface area contributed by atoms with Gasteiger partial charge in [-0.3, -0.25) is 14.4 Å². The summed E-state index contributed by atoms with van der Waals surface area (Å²) in [5.41, 5.74) is 5.42.